The Morgan fingerprint density at radius 3 is 2.76 bits per heavy atom. The summed E-state index contributed by atoms with van der Waals surface area (Å²) >= 11 is 0. The number of rotatable bonds is 6. The van der Waals surface area contributed by atoms with Crippen molar-refractivity contribution in [3.05, 3.63) is 59.7 Å². The fraction of sp³-hybridized carbons (Fsp3) is 0.391. The molecule has 0 radical (unpaired) electrons. The van der Waals surface area contributed by atoms with Crippen LogP contribution >= 0.6 is 0 Å². The Kier molecular flexibility index (Phi) is 6.10. The Morgan fingerprint density at radius 1 is 1.07 bits per heavy atom. The quantitative estimate of drug-likeness (QED) is 0.779. The smallest absolute Gasteiger partial charge is 0.265 e. The predicted molar refractivity (Wildman–Crippen MR) is 111 cm³/mol. The van der Waals surface area contributed by atoms with Crippen molar-refractivity contribution >= 4 is 17.5 Å². The van der Waals surface area contributed by atoms with Gasteiger partial charge in [-0.25, -0.2) is 0 Å². The van der Waals surface area contributed by atoms with Gasteiger partial charge in [0.1, 0.15) is 5.75 Å². The SMILES string of the molecule is O=C(NCC[NH+]1CCCCC1)c1cccc(CN2C(=O)COc3ccccc32)c1. The number of fused-ring (bicyclic) bond motifs is 1. The lowest BCUT2D eigenvalue weighted by Crippen LogP contribution is -3.13. The molecule has 2 aromatic carbocycles. The van der Waals surface area contributed by atoms with Gasteiger partial charge in [0.2, 0.25) is 0 Å². The van der Waals surface area contributed by atoms with E-state index in [2.05, 4.69) is 5.32 Å². The molecule has 0 bridgehead atoms. The maximum absolute atomic E-state index is 12.6. The third-order valence-electron chi connectivity index (χ3n) is 5.66. The molecule has 0 aliphatic carbocycles. The average molecular weight is 394 g/mol. The van der Waals surface area contributed by atoms with E-state index in [4.69, 9.17) is 4.74 Å². The van der Waals surface area contributed by atoms with E-state index < -0.39 is 0 Å². The van der Waals surface area contributed by atoms with Crippen LogP contribution in [0.25, 0.3) is 0 Å². The largest absolute Gasteiger partial charge is 0.482 e. The Labute approximate surface area is 171 Å². The van der Waals surface area contributed by atoms with E-state index in [1.807, 2.05) is 48.5 Å². The number of anilines is 1. The zero-order chi connectivity index (χ0) is 20.1. The van der Waals surface area contributed by atoms with Crippen molar-refractivity contribution in [3.63, 3.8) is 0 Å². The molecule has 2 amide bonds. The fourth-order valence-electron chi connectivity index (χ4n) is 4.08. The number of carbonyl (C=O) groups is 2. The molecule has 2 aliphatic rings. The van der Waals surface area contributed by atoms with E-state index in [0.29, 0.717) is 24.4 Å². The molecule has 6 heteroatoms. The zero-order valence-electron chi connectivity index (χ0n) is 16.7. The second kappa shape index (κ2) is 9.09. The van der Waals surface area contributed by atoms with Gasteiger partial charge in [0, 0.05) is 5.56 Å². The van der Waals surface area contributed by atoms with Gasteiger partial charge in [-0.05, 0) is 49.1 Å². The van der Waals surface area contributed by atoms with Gasteiger partial charge in [0.15, 0.2) is 6.61 Å². The van der Waals surface area contributed by atoms with Crippen LogP contribution in [-0.2, 0) is 11.3 Å². The van der Waals surface area contributed by atoms with Gasteiger partial charge in [-0.15, -0.1) is 0 Å². The maximum atomic E-state index is 12.6. The summed E-state index contributed by atoms with van der Waals surface area (Å²) in [6.07, 6.45) is 3.90. The van der Waals surface area contributed by atoms with E-state index in [9.17, 15) is 9.59 Å². The highest BCUT2D eigenvalue weighted by Crippen LogP contribution is 2.32. The molecule has 4 rings (SSSR count). The predicted octanol–water partition coefficient (Wildman–Crippen LogP) is 1.41. The summed E-state index contributed by atoms with van der Waals surface area (Å²) in [6, 6.07) is 15.0. The first kappa shape index (κ1) is 19.5. The van der Waals surface area contributed by atoms with Crippen molar-refractivity contribution in [1.29, 1.82) is 0 Å². The number of nitrogens with one attached hydrogen (secondary N) is 2. The van der Waals surface area contributed by atoms with Gasteiger partial charge in [0.25, 0.3) is 11.8 Å². The summed E-state index contributed by atoms with van der Waals surface area (Å²) in [7, 11) is 0. The zero-order valence-corrected chi connectivity index (χ0v) is 16.7. The Morgan fingerprint density at radius 2 is 1.90 bits per heavy atom. The number of carbonyl (C=O) groups excluding carboxylic acids is 2. The van der Waals surface area contributed by atoms with Crippen molar-refractivity contribution in [2.24, 2.45) is 0 Å². The average Bonchev–Trinajstić information content (AvgIpc) is 2.77. The summed E-state index contributed by atoms with van der Waals surface area (Å²) in [6.45, 7) is 4.54. The molecule has 0 saturated carbocycles. The van der Waals surface area contributed by atoms with E-state index in [1.165, 1.54) is 32.4 Å². The number of likely N-dealkylation sites (tertiary alicyclic amines) is 1. The molecule has 0 aromatic heterocycles. The van der Waals surface area contributed by atoms with E-state index in [1.54, 1.807) is 9.80 Å². The summed E-state index contributed by atoms with van der Waals surface area (Å²) in [5.41, 5.74) is 2.32. The third kappa shape index (κ3) is 4.77. The molecule has 2 aromatic rings. The molecular formula is C23H28N3O3+. The number of hydrogen-bond acceptors (Lipinski definition) is 3. The standard InChI is InChI=1S/C23H27N3O3/c27-22-17-29-21-10-3-2-9-20(21)26(22)16-18-7-6-8-19(15-18)23(28)24-11-14-25-12-4-1-5-13-25/h2-3,6-10,15H,1,4-5,11-14,16-17H2,(H,24,28)/p+1. The van der Waals surface area contributed by atoms with Crippen LogP contribution in [-0.4, -0.2) is 44.6 Å². The fourth-order valence-corrected chi connectivity index (χ4v) is 4.08. The van der Waals surface area contributed by atoms with E-state index in [0.717, 1.165) is 17.8 Å². The molecular weight excluding hydrogens is 366 g/mol. The van der Waals surface area contributed by atoms with Crippen LogP contribution in [0.4, 0.5) is 5.69 Å². The van der Waals surface area contributed by atoms with E-state index in [-0.39, 0.29) is 18.4 Å². The lowest BCUT2D eigenvalue weighted by molar-refractivity contribution is -0.903. The Hall–Kier alpha value is -2.86. The molecule has 1 saturated heterocycles. The highest BCUT2D eigenvalue weighted by Gasteiger charge is 2.25. The van der Waals surface area contributed by atoms with Gasteiger partial charge in [0.05, 0.1) is 38.4 Å². The number of quaternary nitrogens is 1. The van der Waals surface area contributed by atoms with Crippen LogP contribution in [0.15, 0.2) is 48.5 Å². The maximum Gasteiger partial charge on any atom is 0.265 e. The third-order valence-corrected chi connectivity index (χ3v) is 5.66. The van der Waals surface area contributed by atoms with Crippen LogP contribution in [0.2, 0.25) is 0 Å². The van der Waals surface area contributed by atoms with Crippen LogP contribution in [0.5, 0.6) is 5.75 Å². The van der Waals surface area contributed by atoms with Gasteiger partial charge in [-0.1, -0.05) is 24.3 Å². The minimum atomic E-state index is -0.0805. The van der Waals surface area contributed by atoms with E-state index >= 15 is 0 Å². The number of benzene rings is 2. The molecule has 0 spiro atoms. The number of para-hydroxylation sites is 2. The Balaban J connectivity index is 1.38. The van der Waals surface area contributed by atoms with Gasteiger partial charge >= 0.3 is 0 Å². The number of piperidine rings is 1. The highest BCUT2D eigenvalue weighted by atomic mass is 16.5. The summed E-state index contributed by atoms with van der Waals surface area (Å²) in [5, 5.41) is 3.04. The summed E-state index contributed by atoms with van der Waals surface area (Å²) in [5.74, 6) is 0.571. The molecule has 29 heavy (non-hydrogen) atoms. The van der Waals surface area contributed by atoms with Gasteiger partial charge in [-0.3, -0.25) is 9.59 Å². The van der Waals surface area contributed by atoms with Crippen molar-refractivity contribution in [3.8, 4) is 5.75 Å². The van der Waals surface area contributed by atoms with Crippen LogP contribution in [0.1, 0.15) is 35.2 Å². The molecule has 152 valence electrons. The lowest BCUT2D eigenvalue weighted by Gasteiger charge is -2.29. The normalized spacial score (nSPS) is 16.8. The van der Waals surface area contributed by atoms with Crippen molar-refractivity contribution in [2.45, 2.75) is 25.8 Å². The van der Waals surface area contributed by atoms with Crippen molar-refractivity contribution < 1.29 is 19.2 Å². The molecule has 0 unspecified atom stereocenters. The summed E-state index contributed by atoms with van der Waals surface area (Å²) < 4.78 is 5.50. The molecule has 2 N–H and O–H groups in total. The second-order valence-corrected chi connectivity index (χ2v) is 7.75. The first-order valence-corrected chi connectivity index (χ1v) is 10.4. The topological polar surface area (TPSA) is 63.1 Å². The van der Waals surface area contributed by atoms with Gasteiger partial charge < -0.3 is 19.9 Å². The molecule has 2 heterocycles. The lowest BCUT2D eigenvalue weighted by atomic mass is 10.1. The second-order valence-electron chi connectivity index (χ2n) is 7.75. The molecule has 6 nitrogen and oxygen atoms in total. The first-order valence-electron chi connectivity index (χ1n) is 10.4. The van der Waals surface area contributed by atoms with Crippen LogP contribution in [0, 0.1) is 0 Å². The summed E-state index contributed by atoms with van der Waals surface area (Å²) in [4.78, 5) is 28.3. The van der Waals surface area contributed by atoms with Crippen molar-refractivity contribution in [2.75, 3.05) is 37.7 Å². The Bertz CT molecular complexity index is 877. The van der Waals surface area contributed by atoms with Crippen LogP contribution in [0.3, 0.4) is 0 Å². The molecule has 0 atom stereocenters. The number of ether oxygens (including phenoxy) is 1. The van der Waals surface area contributed by atoms with Crippen molar-refractivity contribution in [1.82, 2.24) is 5.32 Å². The number of amides is 2. The number of nitrogens with zero attached hydrogens (tertiary/aromatic N) is 1. The monoisotopic (exact) mass is 394 g/mol. The molecule has 2 aliphatic heterocycles. The minimum absolute atomic E-state index is 0.0377. The van der Waals surface area contributed by atoms with Crippen LogP contribution < -0.4 is 19.9 Å². The number of hydrogen-bond donors (Lipinski definition) is 2. The minimum Gasteiger partial charge on any atom is -0.482 e. The highest BCUT2D eigenvalue weighted by molar-refractivity contribution is 5.98. The molecule has 1 fully saturated rings. The van der Waals surface area contributed by atoms with Gasteiger partial charge in [-0.2, -0.15) is 0 Å². The first-order chi connectivity index (χ1) is 14.2.